The van der Waals surface area contributed by atoms with Crippen molar-refractivity contribution in [3.05, 3.63) is 47.8 Å². The molecular formula is C13H16N2O3S. The van der Waals surface area contributed by atoms with Crippen LogP contribution in [0.2, 0.25) is 0 Å². The van der Waals surface area contributed by atoms with Crippen LogP contribution in [0.25, 0.3) is 0 Å². The van der Waals surface area contributed by atoms with Gasteiger partial charge in [0.15, 0.2) is 9.84 Å². The monoisotopic (exact) mass is 280 g/mol. The third-order valence-corrected chi connectivity index (χ3v) is 4.01. The first kappa shape index (κ1) is 13.8. The highest BCUT2D eigenvalue weighted by molar-refractivity contribution is 7.90. The molecule has 1 aromatic heterocycles. The first-order valence-electron chi connectivity index (χ1n) is 5.82. The Balaban J connectivity index is 2.14. The van der Waals surface area contributed by atoms with E-state index in [0.29, 0.717) is 12.0 Å². The number of aliphatic hydroxyl groups excluding tert-OH is 1. The molecule has 0 spiro atoms. The van der Waals surface area contributed by atoms with Gasteiger partial charge < -0.3 is 5.11 Å². The van der Waals surface area contributed by atoms with Crippen LogP contribution >= 0.6 is 0 Å². The maximum Gasteiger partial charge on any atom is 0.175 e. The van der Waals surface area contributed by atoms with E-state index in [9.17, 15) is 13.5 Å². The Hall–Kier alpha value is -1.66. The van der Waals surface area contributed by atoms with Crippen LogP contribution in [0.15, 0.2) is 41.6 Å². The van der Waals surface area contributed by atoms with E-state index in [0.717, 1.165) is 11.8 Å². The standard InChI is InChI=1S/C13H16N2O3S/c1-15-9-10(8-14-15)7-13(16)11-3-5-12(6-4-11)19(2,17)18/h3-6,8-9,13,16H,7H2,1-2H3. The maximum atomic E-state index is 11.3. The maximum absolute atomic E-state index is 11.3. The van der Waals surface area contributed by atoms with Gasteiger partial charge in [-0.25, -0.2) is 8.42 Å². The molecule has 0 fully saturated rings. The second kappa shape index (κ2) is 5.14. The van der Waals surface area contributed by atoms with Crippen molar-refractivity contribution in [3.8, 4) is 0 Å². The quantitative estimate of drug-likeness (QED) is 0.910. The molecule has 6 heteroatoms. The lowest BCUT2D eigenvalue weighted by molar-refractivity contribution is 0.178. The average molecular weight is 280 g/mol. The van der Waals surface area contributed by atoms with Crippen molar-refractivity contribution >= 4 is 9.84 Å². The molecule has 1 N–H and O–H groups in total. The van der Waals surface area contributed by atoms with Crippen LogP contribution in [-0.4, -0.2) is 29.6 Å². The minimum atomic E-state index is -3.20. The lowest BCUT2D eigenvalue weighted by Gasteiger charge is -2.10. The van der Waals surface area contributed by atoms with Gasteiger partial charge in [-0.3, -0.25) is 4.68 Å². The van der Waals surface area contributed by atoms with Crippen LogP contribution in [0.5, 0.6) is 0 Å². The summed E-state index contributed by atoms with van der Waals surface area (Å²) in [5.74, 6) is 0. The molecule has 102 valence electrons. The van der Waals surface area contributed by atoms with Crippen molar-refractivity contribution in [2.75, 3.05) is 6.26 Å². The van der Waals surface area contributed by atoms with Gasteiger partial charge in [-0.15, -0.1) is 0 Å². The van der Waals surface area contributed by atoms with Crippen LogP contribution in [0.1, 0.15) is 17.2 Å². The molecule has 2 aromatic rings. The number of rotatable bonds is 4. The minimum Gasteiger partial charge on any atom is -0.388 e. The summed E-state index contributed by atoms with van der Waals surface area (Å²) < 4.78 is 24.3. The number of hydrogen-bond acceptors (Lipinski definition) is 4. The van der Waals surface area contributed by atoms with Crippen molar-refractivity contribution in [2.45, 2.75) is 17.4 Å². The smallest absolute Gasteiger partial charge is 0.175 e. The fraction of sp³-hybridized carbons (Fsp3) is 0.308. The Bertz CT molecular complexity index is 659. The summed E-state index contributed by atoms with van der Waals surface area (Å²) in [5.41, 5.74) is 1.62. The number of nitrogens with zero attached hydrogens (tertiary/aromatic N) is 2. The zero-order valence-corrected chi connectivity index (χ0v) is 11.6. The van der Waals surface area contributed by atoms with E-state index in [4.69, 9.17) is 0 Å². The summed E-state index contributed by atoms with van der Waals surface area (Å²) in [6.45, 7) is 0. The minimum absolute atomic E-state index is 0.254. The predicted molar refractivity (Wildman–Crippen MR) is 71.4 cm³/mol. The van der Waals surface area contributed by atoms with E-state index >= 15 is 0 Å². The number of aryl methyl sites for hydroxylation is 1. The topological polar surface area (TPSA) is 72.2 Å². The van der Waals surface area contributed by atoms with Gasteiger partial charge in [0.1, 0.15) is 0 Å². The van der Waals surface area contributed by atoms with E-state index in [1.54, 1.807) is 23.0 Å². The third kappa shape index (κ3) is 3.42. The van der Waals surface area contributed by atoms with E-state index < -0.39 is 15.9 Å². The summed E-state index contributed by atoms with van der Waals surface area (Å²) >= 11 is 0. The Morgan fingerprint density at radius 2 is 1.95 bits per heavy atom. The molecule has 0 saturated heterocycles. The number of aliphatic hydroxyl groups is 1. The SMILES string of the molecule is Cn1cc(CC(O)c2ccc(S(C)(=O)=O)cc2)cn1. The summed E-state index contributed by atoms with van der Waals surface area (Å²) in [6.07, 6.45) is 4.49. The predicted octanol–water partition coefficient (Wildman–Crippen LogP) is 1.10. The normalized spacial score (nSPS) is 13.4. The highest BCUT2D eigenvalue weighted by atomic mass is 32.2. The molecule has 19 heavy (non-hydrogen) atoms. The zero-order chi connectivity index (χ0) is 14.0. The van der Waals surface area contributed by atoms with Crippen molar-refractivity contribution in [1.82, 2.24) is 9.78 Å². The largest absolute Gasteiger partial charge is 0.388 e. The molecule has 1 atom stereocenters. The summed E-state index contributed by atoms with van der Waals surface area (Å²) in [4.78, 5) is 0.254. The molecule has 5 nitrogen and oxygen atoms in total. The molecule has 0 aliphatic rings. The van der Waals surface area contributed by atoms with Crippen molar-refractivity contribution in [3.63, 3.8) is 0 Å². The Morgan fingerprint density at radius 3 is 2.42 bits per heavy atom. The van der Waals surface area contributed by atoms with Gasteiger partial charge in [-0.1, -0.05) is 12.1 Å². The highest BCUT2D eigenvalue weighted by Crippen LogP contribution is 2.20. The molecule has 1 unspecified atom stereocenters. The van der Waals surface area contributed by atoms with Crippen molar-refractivity contribution < 1.29 is 13.5 Å². The van der Waals surface area contributed by atoms with Gasteiger partial charge in [0.2, 0.25) is 0 Å². The van der Waals surface area contributed by atoms with Gasteiger partial charge in [0.05, 0.1) is 17.2 Å². The molecule has 0 bridgehead atoms. The molecule has 1 aromatic carbocycles. The van der Waals surface area contributed by atoms with Crippen molar-refractivity contribution in [1.29, 1.82) is 0 Å². The van der Waals surface area contributed by atoms with E-state index in [2.05, 4.69) is 5.10 Å². The van der Waals surface area contributed by atoms with Crippen LogP contribution in [0.4, 0.5) is 0 Å². The number of sulfone groups is 1. The lowest BCUT2D eigenvalue weighted by atomic mass is 10.0. The molecule has 0 aliphatic carbocycles. The molecule has 0 saturated carbocycles. The second-order valence-electron chi connectivity index (χ2n) is 4.58. The van der Waals surface area contributed by atoms with Gasteiger partial charge in [-0.05, 0) is 23.3 Å². The van der Waals surface area contributed by atoms with Gasteiger partial charge >= 0.3 is 0 Å². The molecule has 0 radical (unpaired) electrons. The van der Waals surface area contributed by atoms with Gasteiger partial charge in [0, 0.05) is 25.9 Å². The van der Waals surface area contributed by atoms with Gasteiger partial charge in [-0.2, -0.15) is 5.10 Å². The van der Waals surface area contributed by atoms with E-state index in [-0.39, 0.29) is 4.90 Å². The number of aromatic nitrogens is 2. The van der Waals surface area contributed by atoms with Gasteiger partial charge in [0.25, 0.3) is 0 Å². The fourth-order valence-corrected chi connectivity index (χ4v) is 2.49. The molecular weight excluding hydrogens is 264 g/mol. The van der Waals surface area contributed by atoms with Crippen molar-refractivity contribution in [2.24, 2.45) is 7.05 Å². The second-order valence-corrected chi connectivity index (χ2v) is 6.60. The Kier molecular flexibility index (Phi) is 3.73. The van der Waals surface area contributed by atoms with Crippen LogP contribution in [-0.2, 0) is 23.3 Å². The first-order valence-corrected chi connectivity index (χ1v) is 7.71. The Morgan fingerprint density at radius 1 is 1.32 bits per heavy atom. The molecule has 0 amide bonds. The zero-order valence-electron chi connectivity index (χ0n) is 10.8. The number of benzene rings is 1. The molecule has 0 aliphatic heterocycles. The first-order chi connectivity index (χ1) is 8.86. The Labute approximate surface area is 112 Å². The molecule has 2 rings (SSSR count). The van der Waals surface area contributed by atoms with E-state index in [1.807, 2.05) is 13.2 Å². The summed E-state index contributed by atoms with van der Waals surface area (Å²) in [6, 6.07) is 6.29. The molecule has 1 heterocycles. The third-order valence-electron chi connectivity index (χ3n) is 2.88. The van der Waals surface area contributed by atoms with Crippen LogP contribution in [0, 0.1) is 0 Å². The van der Waals surface area contributed by atoms with E-state index in [1.165, 1.54) is 12.1 Å². The lowest BCUT2D eigenvalue weighted by Crippen LogP contribution is -2.03. The summed E-state index contributed by atoms with van der Waals surface area (Å²) in [5, 5.41) is 14.1. The summed E-state index contributed by atoms with van der Waals surface area (Å²) in [7, 11) is -1.38. The van der Waals surface area contributed by atoms with Crippen LogP contribution < -0.4 is 0 Å². The fourth-order valence-electron chi connectivity index (χ4n) is 1.86. The number of hydrogen-bond donors (Lipinski definition) is 1. The average Bonchev–Trinajstić information content (AvgIpc) is 2.74. The van der Waals surface area contributed by atoms with Crippen LogP contribution in [0.3, 0.4) is 0 Å². The highest BCUT2D eigenvalue weighted by Gasteiger charge is 2.12.